The van der Waals surface area contributed by atoms with Gasteiger partial charge in [-0.2, -0.15) is 0 Å². The Morgan fingerprint density at radius 3 is 2.27 bits per heavy atom. The average Bonchev–Trinajstić information content (AvgIpc) is 2.71. The lowest BCUT2D eigenvalue weighted by Gasteiger charge is -2.31. The lowest BCUT2D eigenvalue weighted by molar-refractivity contribution is -0.149. The first-order chi connectivity index (χ1) is 12.6. The SMILES string of the molecule is C=CC[C@](NNC(=O)c1ccccc1)(C(=O)OC)c1ccc(OC)cc1. The van der Waals surface area contributed by atoms with Crippen molar-refractivity contribution in [2.75, 3.05) is 14.2 Å². The van der Waals surface area contributed by atoms with Gasteiger partial charge in [0.1, 0.15) is 5.75 Å². The molecule has 0 saturated heterocycles. The molecule has 2 N–H and O–H groups in total. The Hall–Kier alpha value is -3.12. The summed E-state index contributed by atoms with van der Waals surface area (Å²) in [5.74, 6) is -0.258. The predicted molar refractivity (Wildman–Crippen MR) is 98.5 cm³/mol. The van der Waals surface area contributed by atoms with Crippen LogP contribution in [0.1, 0.15) is 22.3 Å². The van der Waals surface area contributed by atoms with E-state index in [2.05, 4.69) is 17.4 Å². The maximum absolute atomic E-state index is 12.6. The molecule has 6 heteroatoms. The average molecular weight is 354 g/mol. The Kier molecular flexibility index (Phi) is 6.52. The number of benzene rings is 2. The molecule has 0 spiro atoms. The zero-order valence-corrected chi connectivity index (χ0v) is 14.8. The van der Waals surface area contributed by atoms with Gasteiger partial charge in [0, 0.05) is 5.56 Å². The lowest BCUT2D eigenvalue weighted by atomic mass is 9.87. The second-order valence-electron chi connectivity index (χ2n) is 5.56. The molecule has 2 aromatic carbocycles. The molecule has 2 rings (SSSR count). The Morgan fingerprint density at radius 2 is 1.73 bits per heavy atom. The molecule has 0 unspecified atom stereocenters. The van der Waals surface area contributed by atoms with Gasteiger partial charge in [0.15, 0.2) is 5.54 Å². The van der Waals surface area contributed by atoms with Crippen molar-refractivity contribution >= 4 is 11.9 Å². The van der Waals surface area contributed by atoms with E-state index in [-0.39, 0.29) is 12.3 Å². The number of rotatable bonds is 8. The summed E-state index contributed by atoms with van der Waals surface area (Å²) >= 11 is 0. The smallest absolute Gasteiger partial charge is 0.332 e. The number of esters is 1. The van der Waals surface area contributed by atoms with Gasteiger partial charge in [0.2, 0.25) is 0 Å². The molecule has 136 valence electrons. The van der Waals surface area contributed by atoms with Gasteiger partial charge in [-0.25, -0.2) is 10.2 Å². The fraction of sp³-hybridized carbons (Fsp3) is 0.200. The van der Waals surface area contributed by atoms with Crippen molar-refractivity contribution < 1.29 is 19.1 Å². The zero-order valence-electron chi connectivity index (χ0n) is 14.8. The van der Waals surface area contributed by atoms with E-state index in [0.29, 0.717) is 16.9 Å². The lowest BCUT2D eigenvalue weighted by Crippen LogP contribution is -2.57. The van der Waals surface area contributed by atoms with Crippen molar-refractivity contribution in [2.45, 2.75) is 12.0 Å². The maximum atomic E-state index is 12.6. The van der Waals surface area contributed by atoms with E-state index >= 15 is 0 Å². The molecule has 0 heterocycles. The summed E-state index contributed by atoms with van der Waals surface area (Å²) in [6.07, 6.45) is 1.80. The fourth-order valence-electron chi connectivity index (χ4n) is 2.58. The third-order valence-electron chi connectivity index (χ3n) is 3.99. The minimum atomic E-state index is -1.31. The molecule has 26 heavy (non-hydrogen) atoms. The number of hydrogen-bond donors (Lipinski definition) is 2. The van der Waals surface area contributed by atoms with Gasteiger partial charge < -0.3 is 9.47 Å². The van der Waals surface area contributed by atoms with E-state index < -0.39 is 11.5 Å². The van der Waals surface area contributed by atoms with Crippen LogP contribution in [0.25, 0.3) is 0 Å². The normalized spacial score (nSPS) is 12.5. The minimum absolute atomic E-state index is 0.209. The summed E-state index contributed by atoms with van der Waals surface area (Å²) in [4.78, 5) is 25.0. The number of methoxy groups -OCH3 is 2. The summed E-state index contributed by atoms with van der Waals surface area (Å²) < 4.78 is 10.1. The highest BCUT2D eigenvalue weighted by molar-refractivity contribution is 5.94. The van der Waals surface area contributed by atoms with Crippen LogP contribution in [0.15, 0.2) is 67.3 Å². The molecule has 0 bridgehead atoms. The third kappa shape index (κ3) is 4.10. The molecule has 0 fully saturated rings. The maximum Gasteiger partial charge on any atom is 0.332 e. The third-order valence-corrected chi connectivity index (χ3v) is 3.99. The van der Waals surface area contributed by atoms with Crippen molar-refractivity contribution in [3.8, 4) is 5.75 Å². The second-order valence-corrected chi connectivity index (χ2v) is 5.56. The quantitative estimate of drug-likeness (QED) is 0.433. The number of hydrogen-bond acceptors (Lipinski definition) is 5. The first-order valence-corrected chi connectivity index (χ1v) is 8.04. The molecular weight excluding hydrogens is 332 g/mol. The zero-order chi connectivity index (χ0) is 19.0. The molecule has 0 saturated carbocycles. The van der Waals surface area contributed by atoms with E-state index in [4.69, 9.17) is 9.47 Å². The van der Waals surface area contributed by atoms with E-state index in [1.165, 1.54) is 7.11 Å². The monoisotopic (exact) mass is 354 g/mol. The van der Waals surface area contributed by atoms with Gasteiger partial charge in [0.25, 0.3) is 5.91 Å². The summed E-state index contributed by atoms with van der Waals surface area (Å²) in [6, 6.07) is 15.6. The molecule has 0 aliphatic rings. The van der Waals surface area contributed by atoms with Crippen LogP contribution in [0.4, 0.5) is 0 Å². The summed E-state index contributed by atoms with van der Waals surface area (Å²) in [5.41, 5.74) is 5.21. The van der Waals surface area contributed by atoms with E-state index in [0.717, 1.165) is 0 Å². The van der Waals surface area contributed by atoms with Crippen LogP contribution >= 0.6 is 0 Å². The Bertz CT molecular complexity index is 759. The van der Waals surface area contributed by atoms with Crippen LogP contribution in [0, 0.1) is 0 Å². The van der Waals surface area contributed by atoms with Crippen LogP contribution < -0.4 is 15.6 Å². The van der Waals surface area contributed by atoms with Crippen molar-refractivity contribution in [3.63, 3.8) is 0 Å². The van der Waals surface area contributed by atoms with Crippen molar-refractivity contribution in [1.29, 1.82) is 0 Å². The van der Waals surface area contributed by atoms with E-state index in [9.17, 15) is 9.59 Å². The molecule has 0 aromatic heterocycles. The number of carbonyl (C=O) groups excluding carboxylic acids is 2. The number of nitrogens with one attached hydrogen (secondary N) is 2. The van der Waals surface area contributed by atoms with Gasteiger partial charge in [-0.15, -0.1) is 6.58 Å². The Balaban J connectivity index is 2.34. The largest absolute Gasteiger partial charge is 0.497 e. The van der Waals surface area contributed by atoms with Gasteiger partial charge in [-0.05, 0) is 36.2 Å². The van der Waals surface area contributed by atoms with Gasteiger partial charge in [-0.1, -0.05) is 36.4 Å². The predicted octanol–water partition coefficient (Wildman–Crippen LogP) is 2.57. The van der Waals surface area contributed by atoms with Crippen LogP contribution in [0.5, 0.6) is 5.75 Å². The first-order valence-electron chi connectivity index (χ1n) is 8.04. The Morgan fingerprint density at radius 1 is 1.08 bits per heavy atom. The van der Waals surface area contributed by atoms with Crippen LogP contribution in [0.3, 0.4) is 0 Å². The van der Waals surface area contributed by atoms with Crippen molar-refractivity contribution in [2.24, 2.45) is 0 Å². The molecule has 0 radical (unpaired) electrons. The van der Waals surface area contributed by atoms with E-state index in [1.807, 2.05) is 6.07 Å². The van der Waals surface area contributed by atoms with Gasteiger partial charge in [-0.3, -0.25) is 10.2 Å². The van der Waals surface area contributed by atoms with Crippen LogP contribution in [-0.4, -0.2) is 26.1 Å². The molecule has 2 aromatic rings. The molecule has 0 aliphatic carbocycles. The highest BCUT2D eigenvalue weighted by atomic mass is 16.5. The number of hydrazine groups is 1. The number of ether oxygens (including phenoxy) is 2. The van der Waals surface area contributed by atoms with E-state index in [1.54, 1.807) is 61.7 Å². The molecule has 0 aliphatic heterocycles. The highest BCUT2D eigenvalue weighted by Crippen LogP contribution is 2.28. The van der Waals surface area contributed by atoms with Crippen LogP contribution in [-0.2, 0) is 15.1 Å². The summed E-state index contributed by atoms with van der Waals surface area (Å²) in [5, 5.41) is 0. The molecule has 6 nitrogen and oxygen atoms in total. The van der Waals surface area contributed by atoms with Gasteiger partial charge in [0.05, 0.1) is 14.2 Å². The van der Waals surface area contributed by atoms with Crippen molar-refractivity contribution in [1.82, 2.24) is 10.9 Å². The standard InChI is InChI=1S/C20H22N2O4/c1-4-14-20(19(24)26-3,16-10-12-17(25-2)13-11-16)22-21-18(23)15-8-6-5-7-9-15/h4-13,22H,1,14H2,2-3H3,(H,21,23)/t20-/m1/s1. The Labute approximate surface area is 152 Å². The topological polar surface area (TPSA) is 76.7 Å². The second kappa shape index (κ2) is 8.82. The highest BCUT2D eigenvalue weighted by Gasteiger charge is 2.41. The molecular formula is C20H22N2O4. The van der Waals surface area contributed by atoms with Crippen LogP contribution in [0.2, 0.25) is 0 Å². The minimum Gasteiger partial charge on any atom is -0.497 e. The fourth-order valence-corrected chi connectivity index (χ4v) is 2.58. The molecule has 1 amide bonds. The molecule has 1 atom stereocenters. The first kappa shape index (κ1) is 19.2. The number of amides is 1. The summed E-state index contributed by atoms with van der Waals surface area (Å²) in [6.45, 7) is 3.72. The summed E-state index contributed by atoms with van der Waals surface area (Å²) in [7, 11) is 2.86. The van der Waals surface area contributed by atoms with Crippen molar-refractivity contribution in [3.05, 3.63) is 78.4 Å². The van der Waals surface area contributed by atoms with Gasteiger partial charge >= 0.3 is 5.97 Å². The number of carbonyl (C=O) groups is 2.